The highest BCUT2D eigenvalue weighted by Crippen LogP contribution is 2.26. The highest BCUT2D eigenvalue weighted by molar-refractivity contribution is 5.53. The number of ether oxygens (including phenoxy) is 4. The summed E-state index contributed by atoms with van der Waals surface area (Å²) in [7, 11) is 5.84. The van der Waals surface area contributed by atoms with Crippen LogP contribution in [-0.4, -0.2) is 78.8 Å². The molecule has 4 rings (SSSR count). The Labute approximate surface area is 227 Å². The van der Waals surface area contributed by atoms with Gasteiger partial charge in [0.1, 0.15) is 18.1 Å². The SMILES string of the molecule is COc1cccc(CN(Cc2cccc(N(C)C)c2)c2cccc(OCCOCCN3CCOCC3)c2)c1. The maximum Gasteiger partial charge on any atom is 0.121 e. The molecule has 0 atom stereocenters. The molecule has 1 aliphatic rings. The molecule has 3 aromatic carbocycles. The maximum absolute atomic E-state index is 6.06. The molecule has 3 aromatic rings. The van der Waals surface area contributed by atoms with E-state index in [-0.39, 0.29) is 0 Å². The molecular weight excluding hydrogens is 478 g/mol. The van der Waals surface area contributed by atoms with E-state index < -0.39 is 0 Å². The summed E-state index contributed by atoms with van der Waals surface area (Å²) in [6.45, 7) is 7.86. The topological polar surface area (TPSA) is 46.6 Å². The van der Waals surface area contributed by atoms with Crippen LogP contribution in [0.15, 0.2) is 72.8 Å². The lowest BCUT2D eigenvalue weighted by Gasteiger charge is -2.27. The van der Waals surface area contributed by atoms with Crippen molar-refractivity contribution in [3.8, 4) is 11.5 Å². The first kappa shape index (κ1) is 27.8. The maximum atomic E-state index is 6.06. The lowest BCUT2D eigenvalue weighted by molar-refractivity contribution is 0.0170. The van der Waals surface area contributed by atoms with E-state index in [1.165, 1.54) is 16.8 Å². The van der Waals surface area contributed by atoms with Crippen molar-refractivity contribution in [1.82, 2.24) is 4.90 Å². The zero-order valence-electron chi connectivity index (χ0n) is 23.0. The Balaban J connectivity index is 1.39. The highest BCUT2D eigenvalue weighted by atomic mass is 16.5. The van der Waals surface area contributed by atoms with Gasteiger partial charge in [-0.1, -0.05) is 30.3 Å². The van der Waals surface area contributed by atoms with Gasteiger partial charge in [0.2, 0.25) is 0 Å². The van der Waals surface area contributed by atoms with Crippen LogP contribution < -0.4 is 19.3 Å². The van der Waals surface area contributed by atoms with E-state index in [1.54, 1.807) is 7.11 Å². The number of hydrogen-bond donors (Lipinski definition) is 0. The molecule has 0 radical (unpaired) electrons. The van der Waals surface area contributed by atoms with E-state index in [4.69, 9.17) is 18.9 Å². The Morgan fingerprint density at radius 1 is 0.763 bits per heavy atom. The molecule has 0 aliphatic carbocycles. The van der Waals surface area contributed by atoms with Crippen molar-refractivity contribution < 1.29 is 18.9 Å². The number of benzene rings is 3. The second kappa shape index (κ2) is 14.6. The average Bonchev–Trinajstić information content (AvgIpc) is 2.95. The van der Waals surface area contributed by atoms with Gasteiger partial charge in [-0.25, -0.2) is 0 Å². The van der Waals surface area contributed by atoms with E-state index in [0.717, 1.165) is 63.1 Å². The monoisotopic (exact) mass is 519 g/mol. The van der Waals surface area contributed by atoms with Gasteiger partial charge in [0.05, 0.1) is 33.5 Å². The fourth-order valence-corrected chi connectivity index (χ4v) is 4.49. The Kier molecular flexibility index (Phi) is 10.7. The van der Waals surface area contributed by atoms with Gasteiger partial charge in [0.25, 0.3) is 0 Å². The summed E-state index contributed by atoms with van der Waals surface area (Å²) in [4.78, 5) is 6.88. The van der Waals surface area contributed by atoms with Crippen molar-refractivity contribution in [2.75, 3.05) is 83.7 Å². The molecule has 0 amide bonds. The largest absolute Gasteiger partial charge is 0.497 e. The number of nitrogens with zero attached hydrogens (tertiary/aromatic N) is 3. The second-order valence-corrected chi connectivity index (χ2v) is 9.68. The number of morpholine rings is 1. The van der Waals surface area contributed by atoms with Gasteiger partial charge in [-0.15, -0.1) is 0 Å². The quantitative estimate of drug-likeness (QED) is 0.286. The molecule has 1 heterocycles. The number of hydrogen-bond acceptors (Lipinski definition) is 7. The van der Waals surface area contributed by atoms with Gasteiger partial charge < -0.3 is 28.7 Å². The van der Waals surface area contributed by atoms with Gasteiger partial charge in [0, 0.05) is 64.3 Å². The van der Waals surface area contributed by atoms with Gasteiger partial charge in [-0.3, -0.25) is 4.90 Å². The summed E-state index contributed by atoms with van der Waals surface area (Å²) >= 11 is 0. The van der Waals surface area contributed by atoms with Gasteiger partial charge in [-0.05, 0) is 47.5 Å². The molecule has 0 bridgehead atoms. The van der Waals surface area contributed by atoms with E-state index in [9.17, 15) is 0 Å². The average molecular weight is 520 g/mol. The molecule has 0 spiro atoms. The first-order chi connectivity index (χ1) is 18.6. The summed E-state index contributed by atoms with van der Waals surface area (Å²) in [5, 5.41) is 0. The first-order valence-electron chi connectivity index (χ1n) is 13.4. The highest BCUT2D eigenvalue weighted by Gasteiger charge is 2.12. The molecule has 0 saturated carbocycles. The van der Waals surface area contributed by atoms with Crippen LogP contribution in [0.25, 0.3) is 0 Å². The molecular formula is C31H41N3O4. The summed E-state index contributed by atoms with van der Waals surface area (Å²) < 4.78 is 22.7. The Morgan fingerprint density at radius 3 is 2.21 bits per heavy atom. The first-order valence-corrected chi connectivity index (χ1v) is 13.4. The van der Waals surface area contributed by atoms with Crippen molar-refractivity contribution in [2.45, 2.75) is 13.1 Å². The van der Waals surface area contributed by atoms with Crippen LogP contribution >= 0.6 is 0 Å². The molecule has 1 saturated heterocycles. The normalized spacial score (nSPS) is 13.8. The minimum absolute atomic E-state index is 0.521. The molecule has 0 N–H and O–H groups in total. The molecule has 204 valence electrons. The number of anilines is 2. The van der Waals surface area contributed by atoms with Gasteiger partial charge in [0.15, 0.2) is 0 Å². The van der Waals surface area contributed by atoms with Crippen LogP contribution in [0.4, 0.5) is 11.4 Å². The predicted molar refractivity (Wildman–Crippen MR) is 154 cm³/mol. The van der Waals surface area contributed by atoms with Crippen molar-refractivity contribution in [3.63, 3.8) is 0 Å². The smallest absolute Gasteiger partial charge is 0.121 e. The zero-order valence-corrected chi connectivity index (χ0v) is 23.0. The van der Waals surface area contributed by atoms with E-state index in [2.05, 4.69) is 83.4 Å². The van der Waals surface area contributed by atoms with E-state index in [1.807, 2.05) is 18.2 Å². The lowest BCUT2D eigenvalue weighted by Crippen LogP contribution is -2.38. The lowest BCUT2D eigenvalue weighted by atomic mass is 10.1. The minimum Gasteiger partial charge on any atom is -0.497 e. The Bertz CT molecular complexity index is 1120. The summed E-state index contributed by atoms with van der Waals surface area (Å²) in [6, 6.07) is 25.2. The van der Waals surface area contributed by atoms with Crippen LogP contribution in [0.3, 0.4) is 0 Å². The third kappa shape index (κ3) is 8.65. The van der Waals surface area contributed by atoms with Crippen molar-refractivity contribution in [2.24, 2.45) is 0 Å². The molecule has 7 heteroatoms. The summed E-state index contributed by atoms with van der Waals surface area (Å²) in [5.74, 6) is 1.71. The zero-order chi connectivity index (χ0) is 26.6. The van der Waals surface area contributed by atoms with Crippen molar-refractivity contribution in [1.29, 1.82) is 0 Å². The molecule has 38 heavy (non-hydrogen) atoms. The Morgan fingerprint density at radius 2 is 1.45 bits per heavy atom. The predicted octanol–water partition coefficient (Wildman–Crippen LogP) is 4.70. The van der Waals surface area contributed by atoms with Gasteiger partial charge >= 0.3 is 0 Å². The summed E-state index contributed by atoms with van der Waals surface area (Å²) in [6.07, 6.45) is 0. The third-order valence-electron chi connectivity index (χ3n) is 6.64. The Hall–Kier alpha value is -3.26. The molecule has 0 unspecified atom stereocenters. The van der Waals surface area contributed by atoms with E-state index in [0.29, 0.717) is 19.8 Å². The van der Waals surface area contributed by atoms with Crippen LogP contribution in [0, 0.1) is 0 Å². The van der Waals surface area contributed by atoms with Gasteiger partial charge in [-0.2, -0.15) is 0 Å². The fraction of sp³-hybridized carbons (Fsp3) is 0.419. The second-order valence-electron chi connectivity index (χ2n) is 9.68. The number of methoxy groups -OCH3 is 1. The third-order valence-corrected chi connectivity index (χ3v) is 6.64. The number of rotatable bonds is 14. The van der Waals surface area contributed by atoms with Crippen LogP contribution in [0.2, 0.25) is 0 Å². The van der Waals surface area contributed by atoms with Crippen LogP contribution in [0.1, 0.15) is 11.1 Å². The standard InChI is InChI=1S/C31H41N3O4/c1-32(2)28-9-4-7-26(21-28)24-34(25-27-8-5-11-30(22-27)35-3)29-10-6-12-31(23-29)38-20-19-37-18-15-33-13-16-36-17-14-33/h4-12,21-23H,13-20,24-25H2,1-3H3. The summed E-state index contributed by atoms with van der Waals surface area (Å²) in [5.41, 5.74) is 4.73. The minimum atomic E-state index is 0.521. The van der Waals surface area contributed by atoms with Crippen molar-refractivity contribution in [3.05, 3.63) is 83.9 Å². The van der Waals surface area contributed by atoms with Crippen LogP contribution in [0.5, 0.6) is 11.5 Å². The molecule has 1 fully saturated rings. The van der Waals surface area contributed by atoms with Crippen LogP contribution in [-0.2, 0) is 22.6 Å². The molecule has 7 nitrogen and oxygen atoms in total. The molecule has 0 aromatic heterocycles. The van der Waals surface area contributed by atoms with E-state index >= 15 is 0 Å². The van der Waals surface area contributed by atoms with Crippen molar-refractivity contribution >= 4 is 11.4 Å². The molecule has 1 aliphatic heterocycles. The fourth-order valence-electron chi connectivity index (χ4n) is 4.49.